The van der Waals surface area contributed by atoms with Crippen LogP contribution in [0.3, 0.4) is 0 Å². The minimum absolute atomic E-state index is 0.266. The average Bonchev–Trinajstić information content (AvgIpc) is 2.75. The van der Waals surface area contributed by atoms with E-state index in [1.54, 1.807) is 61.8 Å². The van der Waals surface area contributed by atoms with E-state index in [1.165, 1.54) is 14.2 Å². The van der Waals surface area contributed by atoms with Crippen molar-refractivity contribution >= 4 is 27.5 Å². The van der Waals surface area contributed by atoms with Crippen molar-refractivity contribution < 1.29 is 23.7 Å². The lowest BCUT2D eigenvalue weighted by atomic mass is 10.2. The van der Waals surface area contributed by atoms with Gasteiger partial charge in [0, 0.05) is 11.8 Å². The maximum atomic E-state index is 12.8. The van der Waals surface area contributed by atoms with E-state index >= 15 is 0 Å². The largest absolute Gasteiger partial charge is 0.497 e. The lowest BCUT2D eigenvalue weighted by Gasteiger charge is -2.13. The van der Waals surface area contributed by atoms with Crippen molar-refractivity contribution in [1.82, 2.24) is 4.98 Å². The van der Waals surface area contributed by atoms with Gasteiger partial charge in [-0.1, -0.05) is 0 Å². The number of hydrogen-bond donors (Lipinski definition) is 1. The fourth-order valence-corrected chi connectivity index (χ4v) is 3.07. The van der Waals surface area contributed by atoms with Crippen molar-refractivity contribution in [3.8, 4) is 28.9 Å². The highest BCUT2D eigenvalue weighted by atomic mass is 79.9. The second-order valence-electron chi connectivity index (χ2n) is 5.78. The quantitative estimate of drug-likeness (QED) is 0.541. The first-order chi connectivity index (χ1) is 14.0. The molecule has 0 unspecified atom stereocenters. The summed E-state index contributed by atoms with van der Waals surface area (Å²) in [6.45, 7) is 0. The van der Waals surface area contributed by atoms with E-state index in [1.807, 2.05) is 0 Å². The fraction of sp³-hybridized carbons (Fsp3) is 0.143. The Morgan fingerprint density at radius 2 is 1.55 bits per heavy atom. The molecule has 8 heteroatoms. The molecule has 1 amide bonds. The number of methoxy groups -OCH3 is 3. The zero-order valence-electron chi connectivity index (χ0n) is 16.1. The van der Waals surface area contributed by atoms with Gasteiger partial charge in [-0.2, -0.15) is 0 Å². The third-order valence-electron chi connectivity index (χ3n) is 4.00. The summed E-state index contributed by atoms with van der Waals surface area (Å²) in [5.74, 6) is 2.14. The third-order valence-corrected chi connectivity index (χ3v) is 4.78. The zero-order chi connectivity index (χ0) is 20.8. The topological polar surface area (TPSA) is 78.9 Å². The fourth-order valence-electron chi connectivity index (χ4n) is 2.52. The highest BCUT2D eigenvalue weighted by molar-refractivity contribution is 9.10. The number of pyridine rings is 1. The minimum atomic E-state index is -0.360. The first kappa shape index (κ1) is 20.5. The standard InChI is InChI=1S/C21H19BrN2O5/c1-26-14-6-8-15(9-7-14)29-21-16(5-4-10-23-21)24-20(25)13-11-17(27-2)19(22)18(12-13)28-3/h4-12H,1-3H3,(H,24,25). The lowest BCUT2D eigenvalue weighted by molar-refractivity contribution is 0.102. The second-order valence-corrected chi connectivity index (χ2v) is 6.58. The van der Waals surface area contributed by atoms with Gasteiger partial charge in [0.05, 0.1) is 21.3 Å². The van der Waals surface area contributed by atoms with Gasteiger partial charge in [0.15, 0.2) is 0 Å². The van der Waals surface area contributed by atoms with Gasteiger partial charge in [-0.05, 0) is 64.5 Å². The maximum Gasteiger partial charge on any atom is 0.256 e. The van der Waals surface area contributed by atoms with Gasteiger partial charge in [0.2, 0.25) is 5.88 Å². The van der Waals surface area contributed by atoms with E-state index in [4.69, 9.17) is 18.9 Å². The van der Waals surface area contributed by atoms with Crippen molar-refractivity contribution in [2.24, 2.45) is 0 Å². The van der Waals surface area contributed by atoms with Gasteiger partial charge < -0.3 is 24.3 Å². The van der Waals surface area contributed by atoms with Crippen LogP contribution in [0.1, 0.15) is 10.4 Å². The Balaban J connectivity index is 1.84. The first-order valence-corrected chi connectivity index (χ1v) is 9.34. The first-order valence-electron chi connectivity index (χ1n) is 8.55. The van der Waals surface area contributed by atoms with Crippen LogP contribution < -0.4 is 24.3 Å². The number of ether oxygens (including phenoxy) is 4. The van der Waals surface area contributed by atoms with Crippen LogP contribution in [0.5, 0.6) is 28.9 Å². The van der Waals surface area contributed by atoms with Crippen LogP contribution in [-0.4, -0.2) is 32.2 Å². The Bertz CT molecular complexity index is 983. The van der Waals surface area contributed by atoms with E-state index in [9.17, 15) is 4.79 Å². The predicted molar refractivity (Wildman–Crippen MR) is 113 cm³/mol. The Morgan fingerprint density at radius 1 is 0.931 bits per heavy atom. The molecule has 0 atom stereocenters. The number of nitrogens with one attached hydrogen (secondary N) is 1. The van der Waals surface area contributed by atoms with Crippen molar-refractivity contribution in [3.05, 3.63) is 64.8 Å². The number of amides is 1. The van der Waals surface area contributed by atoms with Gasteiger partial charge in [-0.25, -0.2) is 4.98 Å². The van der Waals surface area contributed by atoms with Crippen LogP contribution in [-0.2, 0) is 0 Å². The number of rotatable bonds is 7. The summed E-state index contributed by atoms with van der Waals surface area (Å²) in [5, 5.41) is 2.81. The van der Waals surface area contributed by atoms with Crippen LogP contribution in [0.2, 0.25) is 0 Å². The number of nitrogens with zero attached hydrogens (tertiary/aromatic N) is 1. The van der Waals surface area contributed by atoms with Crippen molar-refractivity contribution in [2.45, 2.75) is 0 Å². The molecule has 150 valence electrons. The summed E-state index contributed by atoms with van der Waals surface area (Å²) >= 11 is 3.39. The summed E-state index contributed by atoms with van der Waals surface area (Å²) in [7, 11) is 4.63. The monoisotopic (exact) mass is 458 g/mol. The molecule has 0 saturated heterocycles. The van der Waals surface area contributed by atoms with Crippen LogP contribution >= 0.6 is 15.9 Å². The molecule has 1 aromatic heterocycles. The zero-order valence-corrected chi connectivity index (χ0v) is 17.6. The number of carbonyl (C=O) groups excluding carboxylic acids is 1. The van der Waals surface area contributed by atoms with Crippen molar-refractivity contribution in [3.63, 3.8) is 0 Å². The average molecular weight is 459 g/mol. The van der Waals surface area contributed by atoms with Crippen LogP contribution in [0.15, 0.2) is 59.2 Å². The molecule has 0 spiro atoms. The number of carbonyl (C=O) groups is 1. The highest BCUT2D eigenvalue weighted by Gasteiger charge is 2.17. The van der Waals surface area contributed by atoms with Gasteiger partial charge in [-0.3, -0.25) is 4.79 Å². The summed E-state index contributed by atoms with van der Waals surface area (Å²) in [5.41, 5.74) is 0.787. The number of anilines is 1. The maximum absolute atomic E-state index is 12.8. The van der Waals surface area contributed by atoms with Crippen LogP contribution in [0.4, 0.5) is 5.69 Å². The Kier molecular flexibility index (Phi) is 6.56. The molecule has 7 nitrogen and oxygen atoms in total. The number of hydrogen-bond acceptors (Lipinski definition) is 6. The smallest absolute Gasteiger partial charge is 0.256 e. The minimum Gasteiger partial charge on any atom is -0.497 e. The van der Waals surface area contributed by atoms with E-state index in [0.29, 0.717) is 38.7 Å². The molecule has 0 saturated carbocycles. The molecule has 0 radical (unpaired) electrons. The van der Waals surface area contributed by atoms with Gasteiger partial charge in [0.25, 0.3) is 5.91 Å². The molecule has 1 heterocycles. The molecule has 1 N–H and O–H groups in total. The van der Waals surface area contributed by atoms with Gasteiger partial charge in [0.1, 0.15) is 33.2 Å². The Morgan fingerprint density at radius 3 is 2.14 bits per heavy atom. The molecule has 0 aliphatic rings. The van der Waals surface area contributed by atoms with Crippen molar-refractivity contribution in [2.75, 3.05) is 26.6 Å². The predicted octanol–water partition coefficient (Wildman–Crippen LogP) is 4.91. The number of benzene rings is 2. The van der Waals surface area contributed by atoms with Gasteiger partial charge in [-0.15, -0.1) is 0 Å². The lowest BCUT2D eigenvalue weighted by Crippen LogP contribution is -2.13. The number of halogens is 1. The summed E-state index contributed by atoms with van der Waals surface area (Å²) in [6.07, 6.45) is 1.58. The molecular formula is C21H19BrN2O5. The van der Waals surface area contributed by atoms with E-state index in [0.717, 1.165) is 0 Å². The highest BCUT2D eigenvalue weighted by Crippen LogP contribution is 2.36. The molecule has 0 fully saturated rings. The molecule has 2 aromatic carbocycles. The molecule has 0 aliphatic carbocycles. The summed E-state index contributed by atoms with van der Waals surface area (Å²) in [6, 6.07) is 13.7. The SMILES string of the molecule is COc1ccc(Oc2ncccc2NC(=O)c2cc(OC)c(Br)c(OC)c2)cc1. The Labute approximate surface area is 176 Å². The molecule has 3 aromatic rings. The van der Waals surface area contributed by atoms with E-state index in [-0.39, 0.29) is 11.8 Å². The van der Waals surface area contributed by atoms with Crippen molar-refractivity contribution in [1.29, 1.82) is 0 Å². The summed E-state index contributed by atoms with van der Waals surface area (Å²) in [4.78, 5) is 17.0. The second kappa shape index (κ2) is 9.29. The molecule has 3 rings (SSSR count). The molecule has 29 heavy (non-hydrogen) atoms. The third kappa shape index (κ3) is 4.78. The number of aromatic nitrogens is 1. The van der Waals surface area contributed by atoms with E-state index in [2.05, 4.69) is 26.2 Å². The van der Waals surface area contributed by atoms with E-state index < -0.39 is 0 Å². The van der Waals surface area contributed by atoms with Crippen LogP contribution in [0, 0.1) is 0 Å². The molecular weight excluding hydrogens is 440 g/mol. The molecule has 0 aliphatic heterocycles. The normalized spacial score (nSPS) is 10.2. The van der Waals surface area contributed by atoms with Gasteiger partial charge >= 0.3 is 0 Å². The Hall–Kier alpha value is -3.26. The molecule has 0 bridgehead atoms. The van der Waals surface area contributed by atoms with Crippen LogP contribution in [0.25, 0.3) is 0 Å². The summed E-state index contributed by atoms with van der Waals surface area (Å²) < 4.78 is 22.2.